The van der Waals surface area contributed by atoms with E-state index in [2.05, 4.69) is 13.8 Å². The Kier molecular flexibility index (Phi) is 5.09. The lowest BCUT2D eigenvalue weighted by Crippen LogP contribution is -2.41. The Morgan fingerprint density at radius 1 is 1.29 bits per heavy atom. The van der Waals surface area contributed by atoms with Gasteiger partial charge in [0.1, 0.15) is 5.82 Å². The molecule has 0 fully saturated rings. The van der Waals surface area contributed by atoms with Gasteiger partial charge in [-0.05, 0) is 30.5 Å². The van der Waals surface area contributed by atoms with Crippen LogP contribution in [-0.4, -0.2) is 19.8 Å². The van der Waals surface area contributed by atoms with Crippen LogP contribution in [0, 0.1) is 5.82 Å². The summed E-state index contributed by atoms with van der Waals surface area (Å²) in [6.45, 7) is 4.92. The number of hydrogen-bond donors (Lipinski definition) is 1. The zero-order chi connectivity index (χ0) is 12.9. The average Bonchev–Trinajstić information content (AvgIpc) is 2.29. The van der Waals surface area contributed by atoms with E-state index in [0.29, 0.717) is 0 Å². The maximum absolute atomic E-state index is 12.9. The number of methoxy groups -OCH3 is 1. The molecule has 0 heterocycles. The summed E-state index contributed by atoms with van der Waals surface area (Å²) in [5, 5.41) is 0. The Bertz CT molecular complexity index is 335. The fraction of sp³-hybridized carbons (Fsp3) is 0.571. The van der Waals surface area contributed by atoms with Crippen molar-refractivity contribution in [1.29, 1.82) is 0 Å². The monoisotopic (exact) mass is 239 g/mol. The van der Waals surface area contributed by atoms with Crippen LogP contribution in [0.3, 0.4) is 0 Å². The first-order valence-corrected chi connectivity index (χ1v) is 5.99. The normalized spacial score (nSPS) is 13.7. The van der Waals surface area contributed by atoms with Crippen LogP contribution in [0.25, 0.3) is 0 Å². The molecule has 0 bridgehead atoms. The van der Waals surface area contributed by atoms with Gasteiger partial charge in [0, 0.05) is 25.2 Å². The van der Waals surface area contributed by atoms with E-state index in [1.807, 2.05) is 12.1 Å². The third kappa shape index (κ3) is 3.79. The number of nitrogens with two attached hydrogens (primary N) is 1. The van der Waals surface area contributed by atoms with Crippen LogP contribution in [0.1, 0.15) is 32.3 Å². The highest BCUT2D eigenvalue weighted by Crippen LogP contribution is 2.28. The Morgan fingerprint density at radius 2 is 1.88 bits per heavy atom. The number of halogens is 1. The zero-order valence-corrected chi connectivity index (χ0v) is 10.9. The molecule has 2 nitrogen and oxygen atoms in total. The molecule has 1 unspecified atom stereocenters. The topological polar surface area (TPSA) is 35.2 Å². The van der Waals surface area contributed by atoms with Crippen LogP contribution in [-0.2, 0) is 10.2 Å². The molecule has 0 aromatic heterocycles. The summed E-state index contributed by atoms with van der Waals surface area (Å²) in [4.78, 5) is 0. The summed E-state index contributed by atoms with van der Waals surface area (Å²) < 4.78 is 17.9. The summed E-state index contributed by atoms with van der Waals surface area (Å²) in [7, 11) is 1.69. The molecule has 0 aliphatic carbocycles. The van der Waals surface area contributed by atoms with Gasteiger partial charge in [0.15, 0.2) is 0 Å². The second-order valence-electron chi connectivity index (χ2n) is 4.97. The molecule has 1 atom stereocenters. The van der Waals surface area contributed by atoms with Gasteiger partial charge in [-0.2, -0.15) is 0 Å². The fourth-order valence-corrected chi connectivity index (χ4v) is 1.90. The van der Waals surface area contributed by atoms with E-state index in [1.165, 1.54) is 12.1 Å². The number of benzene rings is 1. The summed E-state index contributed by atoms with van der Waals surface area (Å²) in [5.74, 6) is -0.211. The molecule has 0 amide bonds. The first kappa shape index (κ1) is 14.1. The molecule has 1 rings (SSSR count). The third-order valence-electron chi connectivity index (χ3n) is 3.38. The largest absolute Gasteiger partial charge is 0.385 e. The van der Waals surface area contributed by atoms with Crippen molar-refractivity contribution in [3.05, 3.63) is 35.6 Å². The Balaban J connectivity index is 2.68. The highest BCUT2D eigenvalue weighted by Gasteiger charge is 2.27. The SMILES string of the molecule is COCCCC(N)C(C)(C)c1ccc(F)cc1. The number of rotatable bonds is 6. The van der Waals surface area contributed by atoms with E-state index in [9.17, 15) is 4.39 Å². The minimum absolute atomic E-state index is 0.0445. The van der Waals surface area contributed by atoms with Crippen LogP contribution in [0.5, 0.6) is 0 Å². The average molecular weight is 239 g/mol. The van der Waals surface area contributed by atoms with E-state index >= 15 is 0 Å². The van der Waals surface area contributed by atoms with Crippen LogP contribution < -0.4 is 5.73 Å². The summed E-state index contributed by atoms with van der Waals surface area (Å²) in [6.07, 6.45) is 1.85. The molecule has 1 aromatic carbocycles. The van der Waals surface area contributed by atoms with Crippen molar-refractivity contribution in [2.75, 3.05) is 13.7 Å². The Hall–Kier alpha value is -0.930. The Morgan fingerprint density at radius 3 is 2.41 bits per heavy atom. The standard InChI is InChI=1S/C14H22FNO/c1-14(2,13(16)5-4-10-17-3)11-6-8-12(15)9-7-11/h6-9,13H,4-5,10,16H2,1-3H3. The van der Waals surface area contributed by atoms with Crippen molar-refractivity contribution in [2.45, 2.75) is 38.1 Å². The predicted octanol–water partition coefficient (Wildman–Crippen LogP) is 2.86. The van der Waals surface area contributed by atoms with Crippen molar-refractivity contribution in [1.82, 2.24) is 0 Å². The summed E-state index contributed by atoms with van der Waals surface area (Å²) in [5.41, 5.74) is 7.13. The molecular weight excluding hydrogens is 217 g/mol. The van der Waals surface area contributed by atoms with Gasteiger partial charge in [-0.1, -0.05) is 26.0 Å². The highest BCUT2D eigenvalue weighted by molar-refractivity contribution is 5.26. The highest BCUT2D eigenvalue weighted by atomic mass is 19.1. The van der Waals surface area contributed by atoms with Crippen LogP contribution in [0.2, 0.25) is 0 Å². The first-order valence-electron chi connectivity index (χ1n) is 5.99. The molecule has 0 aliphatic heterocycles. The van der Waals surface area contributed by atoms with Gasteiger partial charge in [-0.3, -0.25) is 0 Å². The van der Waals surface area contributed by atoms with Gasteiger partial charge in [0.25, 0.3) is 0 Å². The van der Waals surface area contributed by atoms with Crippen LogP contribution in [0.4, 0.5) is 4.39 Å². The number of ether oxygens (including phenoxy) is 1. The predicted molar refractivity (Wildman–Crippen MR) is 68.5 cm³/mol. The van der Waals surface area contributed by atoms with E-state index in [4.69, 9.17) is 10.5 Å². The minimum Gasteiger partial charge on any atom is -0.385 e. The molecule has 0 spiro atoms. The second-order valence-corrected chi connectivity index (χ2v) is 4.97. The van der Waals surface area contributed by atoms with Crippen molar-refractivity contribution in [3.63, 3.8) is 0 Å². The molecule has 0 saturated heterocycles. The van der Waals surface area contributed by atoms with Crippen molar-refractivity contribution >= 4 is 0 Å². The zero-order valence-electron chi connectivity index (χ0n) is 10.9. The molecular formula is C14H22FNO. The van der Waals surface area contributed by atoms with Gasteiger partial charge in [0.05, 0.1) is 0 Å². The molecule has 3 heteroatoms. The van der Waals surface area contributed by atoms with Crippen molar-refractivity contribution in [3.8, 4) is 0 Å². The number of hydrogen-bond acceptors (Lipinski definition) is 2. The molecule has 1 aromatic rings. The van der Waals surface area contributed by atoms with Crippen molar-refractivity contribution < 1.29 is 9.13 Å². The van der Waals surface area contributed by atoms with E-state index < -0.39 is 0 Å². The fourth-order valence-electron chi connectivity index (χ4n) is 1.90. The van der Waals surface area contributed by atoms with Gasteiger partial charge in [-0.25, -0.2) is 4.39 Å². The third-order valence-corrected chi connectivity index (χ3v) is 3.38. The van der Waals surface area contributed by atoms with Crippen molar-refractivity contribution in [2.24, 2.45) is 5.73 Å². The van der Waals surface area contributed by atoms with Crippen LogP contribution in [0.15, 0.2) is 24.3 Å². The first-order chi connectivity index (χ1) is 7.98. The van der Waals surface area contributed by atoms with Gasteiger partial charge in [-0.15, -0.1) is 0 Å². The lowest BCUT2D eigenvalue weighted by molar-refractivity contribution is 0.186. The van der Waals surface area contributed by atoms with E-state index in [1.54, 1.807) is 7.11 Å². The van der Waals surface area contributed by atoms with Gasteiger partial charge >= 0.3 is 0 Å². The lowest BCUT2D eigenvalue weighted by atomic mass is 9.76. The maximum Gasteiger partial charge on any atom is 0.123 e. The summed E-state index contributed by atoms with van der Waals surface area (Å²) >= 11 is 0. The maximum atomic E-state index is 12.9. The molecule has 0 saturated carbocycles. The van der Waals surface area contributed by atoms with E-state index in [-0.39, 0.29) is 17.3 Å². The molecule has 2 N–H and O–H groups in total. The minimum atomic E-state index is -0.211. The van der Waals surface area contributed by atoms with Gasteiger partial charge < -0.3 is 10.5 Å². The van der Waals surface area contributed by atoms with E-state index in [0.717, 1.165) is 25.0 Å². The molecule has 17 heavy (non-hydrogen) atoms. The summed E-state index contributed by atoms with van der Waals surface area (Å²) in [6, 6.07) is 6.64. The van der Waals surface area contributed by atoms with Crippen LogP contribution >= 0.6 is 0 Å². The Labute approximate surface area is 103 Å². The molecule has 0 radical (unpaired) electrons. The second kappa shape index (κ2) is 6.12. The smallest absolute Gasteiger partial charge is 0.123 e. The lowest BCUT2D eigenvalue weighted by Gasteiger charge is -2.32. The quantitative estimate of drug-likeness (QED) is 0.775. The molecule has 96 valence electrons. The van der Waals surface area contributed by atoms with Gasteiger partial charge in [0.2, 0.25) is 0 Å². The molecule has 0 aliphatic rings.